The maximum atomic E-state index is 12.4. The molecule has 2 aromatic rings. The lowest BCUT2D eigenvalue weighted by molar-refractivity contribution is 0.0276. The molecule has 1 amide bonds. The van der Waals surface area contributed by atoms with E-state index < -0.39 is 5.60 Å². The molecule has 0 unspecified atom stereocenters. The fourth-order valence-corrected chi connectivity index (χ4v) is 5.12. The number of likely N-dealkylation sites (tertiary alicyclic amines) is 1. The van der Waals surface area contributed by atoms with Gasteiger partial charge in [-0.1, -0.05) is 6.92 Å². The highest BCUT2D eigenvalue weighted by molar-refractivity contribution is 7.18. The van der Waals surface area contributed by atoms with Crippen molar-refractivity contribution in [3.63, 3.8) is 0 Å². The molecule has 0 aromatic carbocycles. The second-order valence-electron chi connectivity index (χ2n) is 8.81. The molecule has 6 nitrogen and oxygen atoms in total. The van der Waals surface area contributed by atoms with Crippen molar-refractivity contribution in [3.8, 4) is 0 Å². The second kappa shape index (κ2) is 6.62. The summed E-state index contributed by atoms with van der Waals surface area (Å²) in [7, 11) is 0. The van der Waals surface area contributed by atoms with E-state index in [0.29, 0.717) is 0 Å². The van der Waals surface area contributed by atoms with Gasteiger partial charge >= 0.3 is 6.09 Å². The molecule has 2 fully saturated rings. The van der Waals surface area contributed by atoms with Crippen LogP contribution in [-0.4, -0.2) is 52.7 Å². The fourth-order valence-electron chi connectivity index (χ4n) is 4.19. The first kappa shape index (κ1) is 18.5. The van der Waals surface area contributed by atoms with Crippen molar-refractivity contribution in [1.29, 1.82) is 0 Å². The number of thiophene rings is 1. The molecule has 0 bridgehead atoms. The van der Waals surface area contributed by atoms with Crippen LogP contribution >= 0.6 is 11.3 Å². The van der Waals surface area contributed by atoms with Crippen LogP contribution in [-0.2, 0) is 11.2 Å². The summed E-state index contributed by atoms with van der Waals surface area (Å²) in [5.41, 5.74) is -0.297. The van der Waals surface area contributed by atoms with Crippen molar-refractivity contribution in [2.24, 2.45) is 5.41 Å². The Hall–Kier alpha value is -1.89. The van der Waals surface area contributed by atoms with Gasteiger partial charge in [0, 0.05) is 36.5 Å². The van der Waals surface area contributed by atoms with E-state index in [2.05, 4.69) is 27.9 Å². The Balaban J connectivity index is 1.50. The number of aromatic nitrogens is 2. The van der Waals surface area contributed by atoms with Gasteiger partial charge in [0.25, 0.3) is 0 Å². The number of carbonyl (C=O) groups excluding carboxylic acids is 1. The highest BCUT2D eigenvalue weighted by atomic mass is 32.1. The summed E-state index contributed by atoms with van der Waals surface area (Å²) < 4.78 is 5.56. The lowest BCUT2D eigenvalue weighted by Crippen LogP contribution is -2.37. The molecular formula is C20H28N4O2S. The zero-order chi connectivity index (χ0) is 19.2. The van der Waals surface area contributed by atoms with Crippen molar-refractivity contribution < 1.29 is 9.53 Å². The number of carbonyl (C=O) groups is 1. The molecule has 2 aromatic heterocycles. The van der Waals surface area contributed by atoms with E-state index in [-0.39, 0.29) is 11.5 Å². The molecular weight excluding hydrogens is 360 g/mol. The van der Waals surface area contributed by atoms with E-state index >= 15 is 0 Å². The highest BCUT2D eigenvalue weighted by Gasteiger charge is 2.46. The maximum absolute atomic E-state index is 12.4. The van der Waals surface area contributed by atoms with Crippen LogP contribution in [0.4, 0.5) is 10.6 Å². The van der Waals surface area contributed by atoms with Crippen molar-refractivity contribution in [2.45, 2.75) is 52.6 Å². The average molecular weight is 389 g/mol. The molecule has 0 aliphatic carbocycles. The average Bonchev–Trinajstić information content (AvgIpc) is 3.31. The molecule has 1 spiro atoms. The SMILES string of the molecule is CCc1cc2c(N3CC[C@@]4(CCN(C(=O)OC(C)(C)C)C4)C3)ncnc2s1. The zero-order valence-electron chi connectivity index (χ0n) is 16.6. The Bertz CT molecular complexity index is 859. The number of amides is 1. The first-order valence-corrected chi connectivity index (χ1v) is 10.6. The monoisotopic (exact) mass is 388 g/mol. The number of rotatable bonds is 2. The molecule has 7 heteroatoms. The van der Waals surface area contributed by atoms with Crippen LogP contribution in [0.25, 0.3) is 10.2 Å². The van der Waals surface area contributed by atoms with Crippen molar-refractivity contribution in [1.82, 2.24) is 14.9 Å². The van der Waals surface area contributed by atoms with Crippen LogP contribution in [0.3, 0.4) is 0 Å². The van der Waals surface area contributed by atoms with Gasteiger partial charge in [0.05, 0.1) is 5.39 Å². The zero-order valence-corrected chi connectivity index (χ0v) is 17.4. The second-order valence-corrected chi connectivity index (χ2v) is 9.92. The minimum atomic E-state index is -0.447. The molecule has 2 aliphatic heterocycles. The van der Waals surface area contributed by atoms with Crippen molar-refractivity contribution in [2.75, 3.05) is 31.1 Å². The molecule has 0 saturated carbocycles. The first-order valence-electron chi connectivity index (χ1n) is 9.75. The van der Waals surface area contributed by atoms with E-state index in [1.807, 2.05) is 25.7 Å². The summed E-state index contributed by atoms with van der Waals surface area (Å²) in [6.07, 6.45) is 4.63. The van der Waals surface area contributed by atoms with Gasteiger partial charge in [0.1, 0.15) is 22.6 Å². The quantitative estimate of drug-likeness (QED) is 0.775. The molecule has 0 N–H and O–H groups in total. The highest BCUT2D eigenvalue weighted by Crippen LogP contribution is 2.42. The summed E-state index contributed by atoms with van der Waals surface area (Å²) in [5.74, 6) is 1.04. The number of hydrogen-bond donors (Lipinski definition) is 0. The maximum Gasteiger partial charge on any atom is 0.410 e. The Morgan fingerprint density at radius 1 is 1.26 bits per heavy atom. The number of ether oxygens (including phenoxy) is 1. The first-order chi connectivity index (χ1) is 12.8. The van der Waals surface area contributed by atoms with Crippen LogP contribution in [0.1, 0.15) is 45.4 Å². The predicted molar refractivity (Wildman–Crippen MR) is 108 cm³/mol. The van der Waals surface area contributed by atoms with Crippen LogP contribution in [0, 0.1) is 5.41 Å². The number of hydrogen-bond acceptors (Lipinski definition) is 6. The van der Waals surface area contributed by atoms with Gasteiger partial charge < -0.3 is 14.5 Å². The number of anilines is 1. The standard InChI is InChI=1S/C20H28N4O2S/c1-5-14-10-15-16(21-13-22-17(15)27-14)23-8-6-20(11-23)7-9-24(12-20)18(25)26-19(2,3)4/h10,13H,5-9,11-12H2,1-4H3/t20-/m1/s1. The fraction of sp³-hybridized carbons (Fsp3) is 0.650. The van der Waals surface area contributed by atoms with Crippen molar-refractivity contribution in [3.05, 3.63) is 17.3 Å². The lowest BCUT2D eigenvalue weighted by Gasteiger charge is -2.27. The Morgan fingerprint density at radius 3 is 2.78 bits per heavy atom. The molecule has 2 aliphatic rings. The van der Waals surface area contributed by atoms with Gasteiger partial charge in [-0.3, -0.25) is 0 Å². The van der Waals surface area contributed by atoms with Crippen LogP contribution in [0.2, 0.25) is 0 Å². The summed E-state index contributed by atoms with van der Waals surface area (Å²) in [4.78, 5) is 28.2. The summed E-state index contributed by atoms with van der Waals surface area (Å²) in [5, 5.41) is 1.17. The largest absolute Gasteiger partial charge is 0.444 e. The van der Waals surface area contributed by atoms with Gasteiger partial charge in [0.2, 0.25) is 0 Å². The number of aryl methyl sites for hydroxylation is 1. The van der Waals surface area contributed by atoms with E-state index in [9.17, 15) is 4.79 Å². The minimum Gasteiger partial charge on any atom is -0.444 e. The van der Waals surface area contributed by atoms with E-state index in [1.54, 1.807) is 17.7 Å². The lowest BCUT2D eigenvalue weighted by atomic mass is 9.86. The topological polar surface area (TPSA) is 58.6 Å². The van der Waals surface area contributed by atoms with Crippen LogP contribution < -0.4 is 4.90 Å². The smallest absolute Gasteiger partial charge is 0.410 e. The third-order valence-corrected chi connectivity index (χ3v) is 6.72. The summed E-state index contributed by atoms with van der Waals surface area (Å²) >= 11 is 1.76. The summed E-state index contributed by atoms with van der Waals surface area (Å²) in [6.45, 7) is 11.4. The summed E-state index contributed by atoms with van der Waals surface area (Å²) in [6, 6.07) is 2.24. The van der Waals surface area contributed by atoms with Gasteiger partial charge in [0.15, 0.2) is 0 Å². The van der Waals surface area contributed by atoms with Crippen LogP contribution in [0.15, 0.2) is 12.4 Å². The minimum absolute atomic E-state index is 0.151. The Kier molecular flexibility index (Phi) is 4.53. The molecule has 27 heavy (non-hydrogen) atoms. The van der Waals surface area contributed by atoms with E-state index in [0.717, 1.165) is 56.1 Å². The van der Waals surface area contributed by atoms with Gasteiger partial charge in [-0.25, -0.2) is 14.8 Å². The molecule has 0 radical (unpaired) electrons. The third kappa shape index (κ3) is 3.61. The Morgan fingerprint density at radius 2 is 2.04 bits per heavy atom. The van der Waals surface area contributed by atoms with Crippen molar-refractivity contribution >= 4 is 33.5 Å². The Labute approximate surface area is 164 Å². The predicted octanol–water partition coefficient (Wildman–Crippen LogP) is 4.09. The van der Waals surface area contributed by atoms with Gasteiger partial charge in [-0.05, 0) is 46.1 Å². The van der Waals surface area contributed by atoms with E-state index in [4.69, 9.17) is 4.74 Å². The van der Waals surface area contributed by atoms with Gasteiger partial charge in [-0.15, -0.1) is 11.3 Å². The van der Waals surface area contributed by atoms with E-state index in [1.165, 1.54) is 10.3 Å². The normalized spacial score (nSPS) is 23.0. The molecule has 4 rings (SSSR count). The van der Waals surface area contributed by atoms with Crippen LogP contribution in [0.5, 0.6) is 0 Å². The molecule has 2 saturated heterocycles. The third-order valence-electron chi connectivity index (χ3n) is 5.54. The number of nitrogens with zero attached hydrogens (tertiary/aromatic N) is 4. The molecule has 1 atom stereocenters. The van der Waals surface area contributed by atoms with Gasteiger partial charge in [-0.2, -0.15) is 0 Å². The number of fused-ring (bicyclic) bond motifs is 1. The molecule has 146 valence electrons. The molecule has 4 heterocycles.